The molecule has 1 aromatic rings. The van der Waals surface area contributed by atoms with Gasteiger partial charge in [0.25, 0.3) is 0 Å². The summed E-state index contributed by atoms with van der Waals surface area (Å²) in [6.45, 7) is 9.17. The molecule has 1 unspecified atom stereocenters. The zero-order valence-electron chi connectivity index (χ0n) is 12.5. The second kappa shape index (κ2) is 9.32. The molecule has 0 saturated carbocycles. The molecule has 1 saturated heterocycles. The van der Waals surface area contributed by atoms with Gasteiger partial charge < -0.3 is 9.64 Å². The molecule has 1 heterocycles. The lowest BCUT2D eigenvalue weighted by atomic mass is 10.1. The summed E-state index contributed by atoms with van der Waals surface area (Å²) in [4.78, 5) is 5.04. The van der Waals surface area contributed by atoms with Crippen molar-refractivity contribution < 1.29 is 4.74 Å². The summed E-state index contributed by atoms with van der Waals surface area (Å²) in [5.41, 5.74) is 1.31. The molecule has 1 aromatic carbocycles. The van der Waals surface area contributed by atoms with Gasteiger partial charge in [-0.05, 0) is 37.6 Å². The van der Waals surface area contributed by atoms with Crippen molar-refractivity contribution in [2.75, 3.05) is 38.2 Å². The van der Waals surface area contributed by atoms with E-state index < -0.39 is 0 Å². The Morgan fingerprint density at radius 1 is 1.05 bits per heavy atom. The van der Waals surface area contributed by atoms with E-state index in [0.29, 0.717) is 6.04 Å². The molecule has 5 heteroatoms. The van der Waals surface area contributed by atoms with Crippen molar-refractivity contribution in [1.29, 1.82) is 0 Å². The van der Waals surface area contributed by atoms with Crippen LogP contribution in [-0.4, -0.2) is 44.2 Å². The predicted molar refractivity (Wildman–Crippen MR) is 91.0 cm³/mol. The average molecular weight is 321 g/mol. The zero-order valence-corrected chi connectivity index (χ0v) is 14.2. The van der Waals surface area contributed by atoms with Gasteiger partial charge in [0.1, 0.15) is 5.75 Å². The van der Waals surface area contributed by atoms with Crippen LogP contribution in [0.25, 0.3) is 0 Å². The Bertz CT molecular complexity index is 365. The van der Waals surface area contributed by atoms with E-state index in [2.05, 4.69) is 35.8 Å². The number of hydrogen-bond donors (Lipinski definition) is 0. The van der Waals surface area contributed by atoms with E-state index in [1.165, 1.54) is 25.2 Å². The highest BCUT2D eigenvalue weighted by molar-refractivity contribution is 5.85. The Balaban J connectivity index is 0.00000180. The molecule has 1 aliphatic heterocycles. The largest absolute Gasteiger partial charge is 0.497 e. The Morgan fingerprint density at radius 2 is 1.60 bits per heavy atom. The van der Waals surface area contributed by atoms with Gasteiger partial charge in [-0.15, -0.1) is 24.8 Å². The number of anilines is 1. The van der Waals surface area contributed by atoms with Crippen LogP contribution in [0.2, 0.25) is 0 Å². The van der Waals surface area contributed by atoms with E-state index in [1.807, 2.05) is 12.1 Å². The lowest BCUT2D eigenvalue weighted by molar-refractivity contribution is 0.193. The zero-order chi connectivity index (χ0) is 13.0. The summed E-state index contributed by atoms with van der Waals surface area (Å²) in [6.07, 6.45) is 1.24. The van der Waals surface area contributed by atoms with Gasteiger partial charge >= 0.3 is 0 Å². The average Bonchev–Trinajstić information content (AvgIpc) is 2.47. The second-order valence-electron chi connectivity index (χ2n) is 4.98. The molecule has 116 valence electrons. The quantitative estimate of drug-likeness (QED) is 0.845. The summed E-state index contributed by atoms with van der Waals surface area (Å²) in [5.74, 6) is 0.928. The highest BCUT2D eigenvalue weighted by Crippen LogP contribution is 2.21. The van der Waals surface area contributed by atoms with Gasteiger partial charge in [-0.3, -0.25) is 4.90 Å². The molecule has 0 radical (unpaired) electrons. The van der Waals surface area contributed by atoms with E-state index in [-0.39, 0.29) is 24.8 Å². The molecular weight excluding hydrogens is 295 g/mol. The molecule has 1 atom stereocenters. The fourth-order valence-electron chi connectivity index (χ4n) is 2.47. The van der Waals surface area contributed by atoms with Gasteiger partial charge in [-0.25, -0.2) is 0 Å². The van der Waals surface area contributed by atoms with Gasteiger partial charge in [0.2, 0.25) is 0 Å². The number of halogens is 2. The Morgan fingerprint density at radius 3 is 2.05 bits per heavy atom. The van der Waals surface area contributed by atoms with Gasteiger partial charge in [0, 0.05) is 37.9 Å². The lowest BCUT2D eigenvalue weighted by Gasteiger charge is -2.39. The van der Waals surface area contributed by atoms with Crippen LogP contribution in [0.1, 0.15) is 20.3 Å². The second-order valence-corrected chi connectivity index (χ2v) is 4.98. The van der Waals surface area contributed by atoms with Crippen molar-refractivity contribution in [3.05, 3.63) is 24.3 Å². The van der Waals surface area contributed by atoms with Crippen LogP contribution in [0.3, 0.4) is 0 Å². The van der Waals surface area contributed by atoms with Crippen LogP contribution in [0.15, 0.2) is 24.3 Å². The Kier molecular flexibility index (Phi) is 9.03. The van der Waals surface area contributed by atoms with Crippen LogP contribution in [-0.2, 0) is 0 Å². The summed E-state index contributed by atoms with van der Waals surface area (Å²) in [5, 5.41) is 0. The number of nitrogens with zero attached hydrogens (tertiary/aromatic N) is 2. The molecule has 3 nitrogen and oxygen atoms in total. The fraction of sp³-hybridized carbons (Fsp3) is 0.600. The maximum absolute atomic E-state index is 5.19. The molecule has 1 aliphatic rings. The van der Waals surface area contributed by atoms with Crippen molar-refractivity contribution in [3.63, 3.8) is 0 Å². The van der Waals surface area contributed by atoms with Crippen molar-refractivity contribution in [1.82, 2.24) is 4.90 Å². The number of ether oxygens (including phenoxy) is 1. The molecule has 1 fully saturated rings. The first kappa shape index (κ1) is 19.4. The first-order chi connectivity index (χ1) is 8.74. The molecular formula is C15H26Cl2N2O. The fourth-order valence-corrected chi connectivity index (χ4v) is 2.47. The molecule has 0 spiro atoms. The number of piperazine rings is 1. The van der Waals surface area contributed by atoms with Crippen LogP contribution < -0.4 is 9.64 Å². The summed E-state index contributed by atoms with van der Waals surface area (Å²) >= 11 is 0. The van der Waals surface area contributed by atoms with Crippen molar-refractivity contribution in [3.8, 4) is 5.75 Å². The summed E-state index contributed by atoms with van der Waals surface area (Å²) < 4.78 is 5.19. The van der Waals surface area contributed by atoms with Gasteiger partial charge in [-0.1, -0.05) is 6.92 Å². The van der Waals surface area contributed by atoms with Gasteiger partial charge in [0.15, 0.2) is 0 Å². The molecule has 0 bridgehead atoms. The van der Waals surface area contributed by atoms with Crippen molar-refractivity contribution in [2.45, 2.75) is 26.3 Å². The van der Waals surface area contributed by atoms with Gasteiger partial charge in [0.05, 0.1) is 7.11 Å². The number of methoxy groups -OCH3 is 1. The van der Waals surface area contributed by atoms with Crippen LogP contribution in [0.4, 0.5) is 5.69 Å². The maximum atomic E-state index is 5.19. The van der Waals surface area contributed by atoms with Crippen LogP contribution >= 0.6 is 24.8 Å². The third-order valence-corrected chi connectivity index (χ3v) is 3.97. The first-order valence-electron chi connectivity index (χ1n) is 6.87. The summed E-state index contributed by atoms with van der Waals surface area (Å²) in [6, 6.07) is 9.09. The van der Waals surface area contributed by atoms with E-state index in [9.17, 15) is 0 Å². The minimum absolute atomic E-state index is 0. The minimum atomic E-state index is 0. The molecule has 0 aliphatic carbocycles. The Labute approximate surface area is 135 Å². The predicted octanol–water partition coefficient (Wildman–Crippen LogP) is 3.46. The SMILES string of the molecule is CCC(C)N1CCN(c2ccc(OC)cc2)CC1.Cl.Cl. The van der Waals surface area contributed by atoms with E-state index >= 15 is 0 Å². The third kappa shape index (κ3) is 4.72. The smallest absolute Gasteiger partial charge is 0.119 e. The van der Waals surface area contributed by atoms with Crippen molar-refractivity contribution >= 4 is 30.5 Å². The number of benzene rings is 1. The first-order valence-corrected chi connectivity index (χ1v) is 6.87. The highest BCUT2D eigenvalue weighted by Gasteiger charge is 2.20. The topological polar surface area (TPSA) is 15.7 Å². The van der Waals surface area contributed by atoms with E-state index in [4.69, 9.17) is 4.74 Å². The third-order valence-electron chi connectivity index (χ3n) is 3.97. The normalized spacial score (nSPS) is 16.9. The Hall–Kier alpha value is -0.640. The standard InChI is InChI=1S/C15H24N2O.2ClH/c1-4-13(2)16-9-11-17(12-10-16)14-5-7-15(18-3)8-6-14;;/h5-8,13H,4,9-12H2,1-3H3;2*1H. The van der Waals surface area contributed by atoms with E-state index in [1.54, 1.807) is 7.11 Å². The summed E-state index contributed by atoms with van der Waals surface area (Å²) in [7, 11) is 1.71. The number of rotatable bonds is 4. The number of hydrogen-bond acceptors (Lipinski definition) is 3. The molecule has 20 heavy (non-hydrogen) atoms. The monoisotopic (exact) mass is 320 g/mol. The molecule has 0 aromatic heterocycles. The maximum Gasteiger partial charge on any atom is 0.119 e. The molecule has 0 amide bonds. The molecule has 2 rings (SSSR count). The van der Waals surface area contributed by atoms with Crippen LogP contribution in [0, 0.1) is 0 Å². The van der Waals surface area contributed by atoms with Gasteiger partial charge in [-0.2, -0.15) is 0 Å². The lowest BCUT2D eigenvalue weighted by Crippen LogP contribution is -2.49. The van der Waals surface area contributed by atoms with E-state index in [0.717, 1.165) is 18.8 Å². The molecule has 0 N–H and O–H groups in total. The van der Waals surface area contributed by atoms with Crippen molar-refractivity contribution in [2.24, 2.45) is 0 Å². The minimum Gasteiger partial charge on any atom is -0.497 e. The highest BCUT2D eigenvalue weighted by atomic mass is 35.5. The van der Waals surface area contributed by atoms with Crippen LogP contribution in [0.5, 0.6) is 5.75 Å².